The SMILES string of the molecule is O=C1CN(c2c(O)cc3c(c2F)CC(CCCC(F)F)CC3)S(=O)(=O)N1. The number of rotatable bonds is 5. The molecule has 1 fully saturated rings. The molecule has 0 saturated carbocycles. The molecule has 26 heavy (non-hydrogen) atoms. The van der Waals surface area contributed by atoms with Gasteiger partial charge in [0, 0.05) is 6.42 Å². The summed E-state index contributed by atoms with van der Waals surface area (Å²) >= 11 is 0. The van der Waals surface area contributed by atoms with Crippen LogP contribution in [0, 0.1) is 11.7 Å². The van der Waals surface area contributed by atoms with Gasteiger partial charge in [0.15, 0.2) is 5.82 Å². The lowest BCUT2D eigenvalue weighted by atomic mass is 9.80. The first-order chi connectivity index (χ1) is 12.2. The molecule has 1 amide bonds. The van der Waals surface area contributed by atoms with Gasteiger partial charge in [-0.15, -0.1) is 0 Å². The second-order valence-electron chi connectivity index (χ2n) is 6.66. The van der Waals surface area contributed by atoms with Crippen LogP contribution in [-0.4, -0.2) is 32.4 Å². The Morgan fingerprint density at radius 3 is 2.73 bits per heavy atom. The van der Waals surface area contributed by atoms with Crippen molar-refractivity contribution in [1.82, 2.24) is 4.72 Å². The summed E-state index contributed by atoms with van der Waals surface area (Å²) in [6, 6.07) is 1.32. The highest BCUT2D eigenvalue weighted by atomic mass is 32.2. The smallest absolute Gasteiger partial charge is 0.326 e. The van der Waals surface area contributed by atoms with E-state index in [1.165, 1.54) is 6.07 Å². The summed E-state index contributed by atoms with van der Waals surface area (Å²) in [4.78, 5) is 11.4. The average Bonchev–Trinajstić information content (AvgIpc) is 2.80. The third-order valence-corrected chi connectivity index (χ3v) is 6.21. The summed E-state index contributed by atoms with van der Waals surface area (Å²) in [6.07, 6.45) is -0.249. The van der Waals surface area contributed by atoms with Crippen molar-refractivity contribution in [2.45, 2.75) is 45.0 Å². The van der Waals surface area contributed by atoms with E-state index in [4.69, 9.17) is 0 Å². The molecule has 0 bridgehead atoms. The van der Waals surface area contributed by atoms with Crippen LogP contribution in [0.2, 0.25) is 0 Å². The van der Waals surface area contributed by atoms with Gasteiger partial charge in [0.2, 0.25) is 6.43 Å². The Balaban J connectivity index is 1.88. The number of benzene rings is 1. The normalized spacial score (nSPS) is 21.8. The molecule has 0 aromatic heterocycles. The molecule has 2 N–H and O–H groups in total. The molecule has 0 radical (unpaired) electrons. The molecular formula is C16H19F3N2O4S. The molecule has 6 nitrogen and oxygen atoms in total. The van der Waals surface area contributed by atoms with Crippen LogP contribution < -0.4 is 9.03 Å². The van der Waals surface area contributed by atoms with E-state index in [9.17, 15) is 27.1 Å². The van der Waals surface area contributed by atoms with E-state index in [-0.39, 0.29) is 24.3 Å². The number of halogens is 3. The van der Waals surface area contributed by atoms with Crippen molar-refractivity contribution in [2.24, 2.45) is 5.92 Å². The Kier molecular flexibility index (Phi) is 5.05. The Labute approximate surface area is 149 Å². The number of hydrogen-bond acceptors (Lipinski definition) is 4. The quantitative estimate of drug-likeness (QED) is 0.805. The zero-order valence-corrected chi connectivity index (χ0v) is 14.7. The van der Waals surface area contributed by atoms with Gasteiger partial charge in [0.1, 0.15) is 18.0 Å². The largest absolute Gasteiger partial charge is 0.506 e. The summed E-state index contributed by atoms with van der Waals surface area (Å²) in [5.41, 5.74) is 0.306. The van der Waals surface area contributed by atoms with Gasteiger partial charge in [-0.1, -0.05) is 0 Å². The molecule has 1 aromatic rings. The molecule has 1 aromatic carbocycles. The minimum absolute atomic E-state index is 0.0167. The van der Waals surface area contributed by atoms with Crippen LogP contribution in [0.15, 0.2) is 6.07 Å². The van der Waals surface area contributed by atoms with Crippen molar-refractivity contribution in [2.75, 3.05) is 10.8 Å². The minimum atomic E-state index is -4.25. The van der Waals surface area contributed by atoms with Crippen molar-refractivity contribution in [3.8, 4) is 5.75 Å². The summed E-state index contributed by atoms with van der Waals surface area (Å²) in [7, 11) is -4.25. The van der Waals surface area contributed by atoms with Gasteiger partial charge in [-0.25, -0.2) is 22.2 Å². The number of amides is 1. The van der Waals surface area contributed by atoms with Gasteiger partial charge in [-0.05, 0) is 55.2 Å². The molecule has 144 valence electrons. The number of phenols is 1. The summed E-state index contributed by atoms with van der Waals surface area (Å²) < 4.78 is 65.8. The number of alkyl halides is 2. The summed E-state index contributed by atoms with van der Waals surface area (Å²) in [6.45, 7) is -0.608. The average molecular weight is 392 g/mol. The first kappa shape index (κ1) is 18.8. The van der Waals surface area contributed by atoms with Crippen LogP contribution in [0.3, 0.4) is 0 Å². The zero-order valence-electron chi connectivity index (χ0n) is 13.8. The maximum atomic E-state index is 15.0. The lowest BCUT2D eigenvalue weighted by Crippen LogP contribution is -2.31. The van der Waals surface area contributed by atoms with Crippen molar-refractivity contribution in [3.05, 3.63) is 23.0 Å². The van der Waals surface area contributed by atoms with E-state index < -0.39 is 46.3 Å². The van der Waals surface area contributed by atoms with Crippen LogP contribution in [0.25, 0.3) is 0 Å². The topological polar surface area (TPSA) is 86.7 Å². The number of carbonyl (C=O) groups is 1. The van der Waals surface area contributed by atoms with Gasteiger partial charge in [-0.2, -0.15) is 8.42 Å². The summed E-state index contributed by atoms with van der Waals surface area (Å²) in [5, 5.41) is 10.1. The van der Waals surface area contributed by atoms with E-state index in [0.29, 0.717) is 35.6 Å². The highest BCUT2D eigenvalue weighted by Gasteiger charge is 2.39. The molecule has 1 aliphatic heterocycles. The van der Waals surface area contributed by atoms with Gasteiger partial charge in [0.25, 0.3) is 5.91 Å². The molecule has 1 unspecified atom stereocenters. The van der Waals surface area contributed by atoms with E-state index in [1.54, 1.807) is 4.72 Å². The van der Waals surface area contributed by atoms with Crippen LogP contribution >= 0.6 is 0 Å². The number of aromatic hydroxyl groups is 1. The molecule has 10 heteroatoms. The van der Waals surface area contributed by atoms with Gasteiger partial charge < -0.3 is 5.11 Å². The number of fused-ring (bicyclic) bond motifs is 1. The van der Waals surface area contributed by atoms with Crippen LogP contribution in [0.5, 0.6) is 5.75 Å². The maximum Gasteiger partial charge on any atom is 0.326 e. The van der Waals surface area contributed by atoms with Gasteiger partial charge >= 0.3 is 10.2 Å². The number of nitrogens with one attached hydrogen (secondary N) is 1. The lowest BCUT2D eigenvalue weighted by Gasteiger charge is -2.27. The number of anilines is 1. The number of carbonyl (C=O) groups excluding carboxylic acids is 1. The Morgan fingerprint density at radius 1 is 1.38 bits per heavy atom. The molecular weight excluding hydrogens is 373 g/mol. The van der Waals surface area contributed by atoms with Crippen molar-refractivity contribution >= 4 is 21.8 Å². The number of aryl methyl sites for hydroxylation is 1. The first-order valence-electron chi connectivity index (χ1n) is 8.33. The number of hydrogen-bond donors (Lipinski definition) is 2. The monoisotopic (exact) mass is 392 g/mol. The number of phenolic OH excluding ortho intramolecular Hbond substituents is 1. The van der Waals surface area contributed by atoms with Crippen LogP contribution in [0.4, 0.5) is 18.9 Å². The van der Waals surface area contributed by atoms with Crippen LogP contribution in [-0.2, 0) is 27.8 Å². The van der Waals surface area contributed by atoms with E-state index in [1.807, 2.05) is 0 Å². The van der Waals surface area contributed by atoms with Crippen molar-refractivity contribution in [3.63, 3.8) is 0 Å². The predicted octanol–water partition coefficient (Wildman–Crippen LogP) is 2.25. The Hall–Kier alpha value is -1.97. The molecule has 0 spiro atoms. The maximum absolute atomic E-state index is 15.0. The lowest BCUT2D eigenvalue weighted by molar-refractivity contribution is -0.117. The highest BCUT2D eigenvalue weighted by Crippen LogP contribution is 2.41. The van der Waals surface area contributed by atoms with Crippen molar-refractivity contribution < 1.29 is 31.5 Å². The highest BCUT2D eigenvalue weighted by molar-refractivity contribution is 7.92. The van der Waals surface area contributed by atoms with Crippen molar-refractivity contribution in [1.29, 1.82) is 0 Å². The fraction of sp³-hybridized carbons (Fsp3) is 0.562. The second-order valence-corrected chi connectivity index (χ2v) is 8.26. The fourth-order valence-corrected chi connectivity index (χ4v) is 4.77. The Morgan fingerprint density at radius 2 is 2.12 bits per heavy atom. The molecule has 3 rings (SSSR count). The Bertz CT molecular complexity index is 829. The summed E-state index contributed by atoms with van der Waals surface area (Å²) in [5.74, 6) is -2.22. The standard InChI is InChI=1S/C16H19F3N2O4S/c17-13(18)3-1-2-9-4-5-10-7-12(22)16(15(19)11(10)6-9)21-8-14(23)20-26(21,24)25/h7,9,13,22H,1-6,8H2,(H,20,23). The zero-order chi connectivity index (χ0) is 19.1. The fourth-order valence-electron chi connectivity index (χ4n) is 3.60. The molecule has 1 heterocycles. The first-order valence-corrected chi connectivity index (χ1v) is 9.77. The van der Waals surface area contributed by atoms with E-state index >= 15 is 4.39 Å². The third-order valence-electron chi connectivity index (χ3n) is 4.83. The molecule has 1 atom stereocenters. The van der Waals surface area contributed by atoms with E-state index in [0.717, 1.165) is 0 Å². The van der Waals surface area contributed by atoms with E-state index in [2.05, 4.69) is 0 Å². The second kappa shape index (κ2) is 6.98. The van der Waals surface area contributed by atoms with Gasteiger partial charge in [0.05, 0.1) is 0 Å². The number of nitrogens with zero attached hydrogens (tertiary/aromatic N) is 1. The molecule has 1 aliphatic carbocycles. The third kappa shape index (κ3) is 3.60. The predicted molar refractivity (Wildman–Crippen MR) is 87.8 cm³/mol. The van der Waals surface area contributed by atoms with Crippen LogP contribution in [0.1, 0.15) is 36.8 Å². The molecule has 1 saturated heterocycles. The van der Waals surface area contributed by atoms with Gasteiger partial charge in [-0.3, -0.25) is 4.79 Å². The molecule has 2 aliphatic rings. The minimum Gasteiger partial charge on any atom is -0.506 e.